The summed E-state index contributed by atoms with van der Waals surface area (Å²) in [5, 5.41) is 6.91. The summed E-state index contributed by atoms with van der Waals surface area (Å²) in [7, 11) is 4.13. The Morgan fingerprint density at radius 1 is 1.15 bits per heavy atom. The number of anilines is 1. The van der Waals surface area contributed by atoms with Crippen molar-refractivity contribution >= 4 is 11.6 Å². The molecule has 0 aliphatic rings. The number of nitrogens with one attached hydrogen (secondary N) is 2. The third-order valence-corrected chi connectivity index (χ3v) is 4.58. The van der Waals surface area contributed by atoms with E-state index in [0.29, 0.717) is 12.6 Å². The van der Waals surface area contributed by atoms with Gasteiger partial charge in [0.1, 0.15) is 0 Å². The second kappa shape index (κ2) is 12.6. The number of nitrogens with zero attached hydrogens (tertiary/aromatic N) is 3. The number of rotatable bonds is 11. The van der Waals surface area contributed by atoms with Crippen molar-refractivity contribution in [2.75, 3.05) is 45.2 Å². The van der Waals surface area contributed by atoms with Gasteiger partial charge < -0.3 is 20.4 Å². The standard InChI is InChI=1S/C21H39N5/c1-7-22-21(24-18(4)12-11-15-26(8-2)9-3)23-17-19-13-10-14-20(16-19)25(5)6/h10,13-14,16,18H,7-9,11-12,15,17H2,1-6H3,(H2,22,23,24). The molecule has 1 unspecified atom stereocenters. The normalized spacial score (nSPS) is 13.0. The number of guanidine groups is 1. The first kappa shape index (κ1) is 22.3. The van der Waals surface area contributed by atoms with Crippen LogP contribution in [-0.4, -0.2) is 57.2 Å². The van der Waals surface area contributed by atoms with Crippen LogP contribution in [0, 0.1) is 0 Å². The molecule has 1 aromatic rings. The van der Waals surface area contributed by atoms with Crippen LogP contribution in [0.25, 0.3) is 0 Å². The molecule has 0 spiro atoms. The van der Waals surface area contributed by atoms with Gasteiger partial charge in [0.25, 0.3) is 0 Å². The fourth-order valence-corrected chi connectivity index (χ4v) is 2.89. The van der Waals surface area contributed by atoms with Gasteiger partial charge in [0.05, 0.1) is 6.54 Å². The maximum atomic E-state index is 4.77. The molecule has 5 heteroatoms. The summed E-state index contributed by atoms with van der Waals surface area (Å²) >= 11 is 0. The van der Waals surface area contributed by atoms with E-state index in [1.807, 2.05) is 0 Å². The molecule has 148 valence electrons. The Morgan fingerprint density at radius 3 is 2.50 bits per heavy atom. The van der Waals surface area contributed by atoms with Crippen LogP contribution in [0.1, 0.15) is 46.1 Å². The van der Waals surface area contributed by atoms with Gasteiger partial charge in [-0.3, -0.25) is 0 Å². The molecule has 1 aromatic carbocycles. The van der Waals surface area contributed by atoms with E-state index in [2.05, 4.69) is 86.5 Å². The highest BCUT2D eigenvalue weighted by atomic mass is 15.2. The maximum absolute atomic E-state index is 4.77. The van der Waals surface area contributed by atoms with Gasteiger partial charge in [-0.1, -0.05) is 26.0 Å². The summed E-state index contributed by atoms with van der Waals surface area (Å²) in [6.45, 7) is 13.8. The van der Waals surface area contributed by atoms with Crippen molar-refractivity contribution in [2.45, 2.75) is 53.1 Å². The summed E-state index contributed by atoms with van der Waals surface area (Å²) in [6, 6.07) is 8.95. The predicted octanol–water partition coefficient (Wildman–Crippen LogP) is 3.32. The van der Waals surface area contributed by atoms with Crippen LogP contribution < -0.4 is 15.5 Å². The van der Waals surface area contributed by atoms with Crippen molar-refractivity contribution in [1.82, 2.24) is 15.5 Å². The molecule has 1 rings (SSSR count). The quantitative estimate of drug-likeness (QED) is 0.469. The van der Waals surface area contributed by atoms with Crippen molar-refractivity contribution in [3.63, 3.8) is 0 Å². The zero-order valence-corrected chi connectivity index (χ0v) is 17.7. The first-order valence-electron chi connectivity index (χ1n) is 10.0. The summed E-state index contributed by atoms with van der Waals surface area (Å²) < 4.78 is 0. The zero-order valence-electron chi connectivity index (χ0n) is 17.7. The fraction of sp³-hybridized carbons (Fsp3) is 0.667. The lowest BCUT2D eigenvalue weighted by atomic mass is 10.2. The highest BCUT2D eigenvalue weighted by molar-refractivity contribution is 5.80. The third kappa shape index (κ3) is 8.56. The summed E-state index contributed by atoms with van der Waals surface area (Å²) in [5.74, 6) is 0.901. The van der Waals surface area contributed by atoms with E-state index in [-0.39, 0.29) is 0 Å². The van der Waals surface area contributed by atoms with Gasteiger partial charge in [-0.2, -0.15) is 0 Å². The monoisotopic (exact) mass is 361 g/mol. The number of hydrogen-bond donors (Lipinski definition) is 2. The van der Waals surface area contributed by atoms with E-state index in [1.54, 1.807) is 0 Å². The first-order chi connectivity index (χ1) is 12.5. The van der Waals surface area contributed by atoms with Crippen LogP contribution in [0.3, 0.4) is 0 Å². The number of benzene rings is 1. The lowest BCUT2D eigenvalue weighted by Gasteiger charge is -2.21. The molecule has 0 saturated heterocycles. The third-order valence-electron chi connectivity index (χ3n) is 4.58. The van der Waals surface area contributed by atoms with Gasteiger partial charge in [0.15, 0.2) is 5.96 Å². The minimum atomic E-state index is 0.413. The summed E-state index contributed by atoms with van der Waals surface area (Å²) in [5.41, 5.74) is 2.43. The minimum Gasteiger partial charge on any atom is -0.378 e. The van der Waals surface area contributed by atoms with E-state index in [9.17, 15) is 0 Å². The Balaban J connectivity index is 2.56. The molecule has 0 heterocycles. The predicted molar refractivity (Wildman–Crippen MR) is 115 cm³/mol. The Labute approximate surface area is 160 Å². The average molecular weight is 362 g/mol. The van der Waals surface area contributed by atoms with Crippen LogP contribution >= 0.6 is 0 Å². The molecular formula is C21H39N5. The average Bonchev–Trinajstić information content (AvgIpc) is 2.63. The second-order valence-electron chi connectivity index (χ2n) is 6.97. The van der Waals surface area contributed by atoms with Gasteiger partial charge >= 0.3 is 0 Å². The lowest BCUT2D eigenvalue weighted by molar-refractivity contribution is 0.292. The Bertz CT molecular complexity index is 523. The highest BCUT2D eigenvalue weighted by Gasteiger charge is 2.07. The Morgan fingerprint density at radius 2 is 1.88 bits per heavy atom. The van der Waals surface area contributed by atoms with Crippen LogP contribution in [0.4, 0.5) is 5.69 Å². The van der Waals surface area contributed by atoms with Gasteiger partial charge in [-0.25, -0.2) is 4.99 Å². The number of hydrogen-bond acceptors (Lipinski definition) is 3. The maximum Gasteiger partial charge on any atom is 0.191 e. The molecule has 0 radical (unpaired) electrons. The van der Waals surface area contributed by atoms with Crippen molar-refractivity contribution in [3.05, 3.63) is 29.8 Å². The molecule has 5 nitrogen and oxygen atoms in total. The minimum absolute atomic E-state index is 0.413. The molecule has 0 saturated carbocycles. The summed E-state index contributed by atoms with van der Waals surface area (Å²) in [4.78, 5) is 9.36. The molecule has 2 N–H and O–H groups in total. The van der Waals surface area contributed by atoms with Crippen molar-refractivity contribution in [3.8, 4) is 0 Å². The van der Waals surface area contributed by atoms with Crippen molar-refractivity contribution in [2.24, 2.45) is 4.99 Å². The molecule has 0 bridgehead atoms. The van der Waals surface area contributed by atoms with Crippen LogP contribution in [-0.2, 0) is 6.54 Å². The van der Waals surface area contributed by atoms with Gasteiger partial charge in [0, 0.05) is 32.4 Å². The molecule has 0 aliphatic carbocycles. The largest absolute Gasteiger partial charge is 0.378 e. The smallest absolute Gasteiger partial charge is 0.191 e. The van der Waals surface area contributed by atoms with E-state index in [4.69, 9.17) is 4.99 Å². The van der Waals surface area contributed by atoms with Crippen molar-refractivity contribution < 1.29 is 0 Å². The van der Waals surface area contributed by atoms with Crippen molar-refractivity contribution in [1.29, 1.82) is 0 Å². The molecule has 0 fully saturated rings. The highest BCUT2D eigenvalue weighted by Crippen LogP contribution is 2.14. The molecule has 0 amide bonds. The molecular weight excluding hydrogens is 322 g/mol. The Kier molecular flexibility index (Phi) is 10.8. The number of aliphatic imine (C=N–C) groups is 1. The van der Waals surface area contributed by atoms with Crippen LogP contribution in [0.2, 0.25) is 0 Å². The van der Waals surface area contributed by atoms with E-state index in [0.717, 1.165) is 32.0 Å². The SMILES string of the molecule is CCNC(=NCc1cccc(N(C)C)c1)NC(C)CCCN(CC)CC. The van der Waals surface area contributed by atoms with Gasteiger partial charge in [0.2, 0.25) is 0 Å². The van der Waals surface area contributed by atoms with Gasteiger partial charge in [-0.05, 0) is 64.0 Å². The first-order valence-corrected chi connectivity index (χ1v) is 10.0. The topological polar surface area (TPSA) is 42.9 Å². The fourth-order valence-electron chi connectivity index (χ4n) is 2.89. The van der Waals surface area contributed by atoms with Crippen LogP contribution in [0.15, 0.2) is 29.3 Å². The van der Waals surface area contributed by atoms with E-state index >= 15 is 0 Å². The molecule has 0 aliphatic heterocycles. The lowest BCUT2D eigenvalue weighted by Crippen LogP contribution is -2.42. The van der Waals surface area contributed by atoms with Crippen LogP contribution in [0.5, 0.6) is 0 Å². The van der Waals surface area contributed by atoms with E-state index < -0.39 is 0 Å². The Hall–Kier alpha value is -1.75. The zero-order chi connectivity index (χ0) is 19.4. The van der Waals surface area contributed by atoms with Gasteiger partial charge in [-0.15, -0.1) is 0 Å². The van der Waals surface area contributed by atoms with E-state index in [1.165, 1.54) is 24.2 Å². The second-order valence-corrected chi connectivity index (χ2v) is 6.97. The summed E-state index contributed by atoms with van der Waals surface area (Å²) in [6.07, 6.45) is 2.36. The molecule has 0 aromatic heterocycles. The molecule has 1 atom stereocenters. The molecule has 26 heavy (non-hydrogen) atoms.